The molecule has 1 atom stereocenters. The number of alkyl halides is 2. The molecule has 2 aromatic heterocycles. The van der Waals surface area contributed by atoms with Crippen LogP contribution in [0.15, 0.2) is 29.4 Å². The minimum atomic E-state index is -4.40. The first-order valence-electron chi connectivity index (χ1n) is 7.99. The Labute approximate surface area is 159 Å². The number of aromatic nitrogens is 2. The number of aryl methyl sites for hydroxylation is 1. The highest BCUT2D eigenvalue weighted by Gasteiger charge is 2.37. The third-order valence-electron chi connectivity index (χ3n) is 4.11. The van der Waals surface area contributed by atoms with E-state index in [-0.39, 0.29) is 11.4 Å². The average Bonchev–Trinajstić information content (AvgIpc) is 2.89. The molecule has 1 amide bonds. The van der Waals surface area contributed by atoms with Crippen molar-refractivity contribution in [2.75, 3.05) is 11.1 Å². The van der Waals surface area contributed by atoms with Gasteiger partial charge in [-0.3, -0.25) is 4.79 Å². The van der Waals surface area contributed by atoms with Gasteiger partial charge in [-0.15, -0.1) is 0 Å². The highest BCUT2D eigenvalue weighted by Crippen LogP contribution is 2.29. The number of nitrogens with zero attached hydrogens (tertiary/aromatic N) is 3. The smallest absolute Gasteiger partial charge is 0.275 e. The van der Waals surface area contributed by atoms with Crippen LogP contribution in [0.2, 0.25) is 0 Å². The maximum Gasteiger partial charge on any atom is 0.275 e. The summed E-state index contributed by atoms with van der Waals surface area (Å²) in [6.45, 7) is 1.62. The molecule has 0 radical (unpaired) electrons. The zero-order chi connectivity index (χ0) is 21.3. The molecule has 0 aromatic carbocycles. The molecule has 1 N–H and O–H groups in total. The van der Waals surface area contributed by atoms with Crippen LogP contribution in [-0.4, -0.2) is 35.6 Å². The lowest BCUT2D eigenvalue weighted by Crippen LogP contribution is -2.29. The van der Waals surface area contributed by atoms with Gasteiger partial charge in [0.05, 0.1) is 5.75 Å². The maximum atomic E-state index is 14.7. The van der Waals surface area contributed by atoms with Crippen LogP contribution in [0, 0.1) is 23.1 Å². The van der Waals surface area contributed by atoms with Crippen molar-refractivity contribution in [2.24, 2.45) is 13.0 Å². The second-order valence-electron chi connectivity index (χ2n) is 6.40. The molecule has 7 nitrogen and oxygen atoms in total. The second kappa shape index (κ2) is 7.63. The van der Waals surface area contributed by atoms with Gasteiger partial charge in [0.2, 0.25) is 5.92 Å². The molecule has 0 saturated heterocycles. The molecular weight excluding hydrogens is 397 g/mol. The van der Waals surface area contributed by atoms with Crippen molar-refractivity contribution in [1.29, 1.82) is 5.26 Å². The first-order chi connectivity index (χ1) is 12.9. The molecule has 0 aliphatic heterocycles. The van der Waals surface area contributed by atoms with E-state index in [2.05, 4.69) is 10.3 Å². The molecular formula is C17H17F3N4O3S. The van der Waals surface area contributed by atoms with Gasteiger partial charge in [0.1, 0.15) is 22.4 Å². The number of carbonyl (C=O) groups excluding carboxylic acids is 1. The fourth-order valence-electron chi connectivity index (χ4n) is 2.37. The van der Waals surface area contributed by atoms with Crippen molar-refractivity contribution in [1.82, 2.24) is 9.55 Å². The Kier molecular flexibility index (Phi) is 5.84. The summed E-state index contributed by atoms with van der Waals surface area (Å²) in [5, 5.41) is 11.2. The maximum absolute atomic E-state index is 14.7. The summed E-state index contributed by atoms with van der Waals surface area (Å²) in [5.41, 5.74) is -0.423. The summed E-state index contributed by atoms with van der Waals surface area (Å²) >= 11 is 0. The summed E-state index contributed by atoms with van der Waals surface area (Å²) in [5.74, 6) is -8.09. The summed E-state index contributed by atoms with van der Waals surface area (Å²) in [6.07, 6.45) is 2.13. The Morgan fingerprint density at radius 3 is 2.68 bits per heavy atom. The van der Waals surface area contributed by atoms with Gasteiger partial charge in [-0.2, -0.15) is 5.26 Å². The van der Waals surface area contributed by atoms with E-state index in [1.807, 2.05) is 0 Å². The lowest BCUT2D eigenvalue weighted by Gasteiger charge is -2.18. The van der Waals surface area contributed by atoms with Crippen molar-refractivity contribution < 1.29 is 26.4 Å². The van der Waals surface area contributed by atoms with E-state index in [0.717, 1.165) is 17.7 Å². The lowest BCUT2D eigenvalue weighted by molar-refractivity contribution is -0.0238. The topological polar surface area (TPSA) is 105 Å². The van der Waals surface area contributed by atoms with Crippen LogP contribution in [-0.2, 0) is 16.9 Å². The Morgan fingerprint density at radius 1 is 1.46 bits per heavy atom. The molecule has 11 heteroatoms. The second-order valence-corrected chi connectivity index (χ2v) is 8.40. The van der Waals surface area contributed by atoms with E-state index in [1.165, 1.54) is 25.4 Å². The van der Waals surface area contributed by atoms with Crippen LogP contribution >= 0.6 is 0 Å². The van der Waals surface area contributed by atoms with Crippen LogP contribution in [0.1, 0.15) is 30.0 Å². The van der Waals surface area contributed by atoms with E-state index in [4.69, 9.17) is 5.26 Å². The van der Waals surface area contributed by atoms with Crippen LogP contribution in [0.4, 0.5) is 18.9 Å². The lowest BCUT2D eigenvalue weighted by atomic mass is 10.1. The summed E-state index contributed by atoms with van der Waals surface area (Å²) in [4.78, 5) is 15.3. The van der Waals surface area contributed by atoms with Crippen LogP contribution in [0.3, 0.4) is 0 Å². The van der Waals surface area contributed by atoms with Gasteiger partial charge >= 0.3 is 0 Å². The van der Waals surface area contributed by atoms with E-state index in [1.54, 1.807) is 6.07 Å². The minimum absolute atomic E-state index is 0.0166. The molecule has 2 aromatic rings. The Hall–Kier alpha value is -2.87. The normalized spacial score (nSPS) is 13.0. The minimum Gasteiger partial charge on any atom is -0.343 e. The van der Waals surface area contributed by atoms with Gasteiger partial charge in [0.15, 0.2) is 15.7 Å². The highest BCUT2D eigenvalue weighted by molar-refractivity contribution is 7.91. The Morgan fingerprint density at radius 2 is 2.11 bits per heavy atom. The summed E-state index contributed by atoms with van der Waals surface area (Å²) in [6, 6.07) is 4.39. The number of nitriles is 1. The van der Waals surface area contributed by atoms with Crippen molar-refractivity contribution >= 4 is 21.4 Å². The number of nitrogens with one attached hydrogen (secondary N) is 1. The molecule has 0 bridgehead atoms. The monoisotopic (exact) mass is 414 g/mol. The molecule has 0 aliphatic rings. The van der Waals surface area contributed by atoms with E-state index < -0.39 is 49.7 Å². The zero-order valence-electron chi connectivity index (χ0n) is 15.2. The largest absolute Gasteiger partial charge is 0.343 e. The standard InChI is InChI=1S/C17H17F3N4O3S/c1-10(17(2,19)20)9-28(26,27)13-8-24(3)15(14(13)18)16(25)23-11-4-5-22-12(6-11)7-21/h4-6,8,10H,9H2,1-3H3,(H,22,23,25)/t10-/m1/s1. The van der Waals surface area contributed by atoms with Crippen LogP contribution in [0.5, 0.6) is 0 Å². The molecule has 2 rings (SSSR count). The molecule has 0 fully saturated rings. The van der Waals surface area contributed by atoms with Gasteiger partial charge in [-0.25, -0.2) is 26.6 Å². The van der Waals surface area contributed by atoms with Crippen molar-refractivity contribution in [3.05, 3.63) is 41.7 Å². The van der Waals surface area contributed by atoms with E-state index in [0.29, 0.717) is 6.92 Å². The fraction of sp³-hybridized carbons (Fsp3) is 0.353. The van der Waals surface area contributed by atoms with Gasteiger partial charge in [-0.1, -0.05) is 6.92 Å². The molecule has 0 aliphatic carbocycles. The molecule has 150 valence electrons. The van der Waals surface area contributed by atoms with Crippen molar-refractivity contribution in [2.45, 2.75) is 24.7 Å². The number of carbonyl (C=O) groups is 1. The third-order valence-corrected chi connectivity index (χ3v) is 6.00. The number of pyridine rings is 1. The number of hydrogen-bond acceptors (Lipinski definition) is 5. The predicted molar refractivity (Wildman–Crippen MR) is 94.1 cm³/mol. The average molecular weight is 414 g/mol. The molecule has 0 spiro atoms. The van der Waals surface area contributed by atoms with E-state index in [9.17, 15) is 26.4 Å². The number of halogens is 3. The van der Waals surface area contributed by atoms with Crippen molar-refractivity contribution in [3.8, 4) is 6.07 Å². The fourth-order valence-corrected chi connectivity index (χ4v) is 4.19. The molecule has 0 saturated carbocycles. The van der Waals surface area contributed by atoms with Gasteiger partial charge in [0.25, 0.3) is 5.91 Å². The quantitative estimate of drug-likeness (QED) is 0.783. The van der Waals surface area contributed by atoms with Crippen LogP contribution < -0.4 is 5.32 Å². The number of rotatable bonds is 6. The van der Waals surface area contributed by atoms with Gasteiger partial charge < -0.3 is 9.88 Å². The number of hydrogen-bond donors (Lipinski definition) is 1. The molecule has 28 heavy (non-hydrogen) atoms. The SMILES string of the molecule is C[C@H](CS(=O)(=O)c1cn(C)c(C(=O)Nc2ccnc(C#N)c2)c1F)C(C)(F)F. The number of anilines is 1. The number of amides is 1. The molecule has 0 unspecified atom stereocenters. The Balaban J connectivity index is 2.35. The first-order valence-corrected chi connectivity index (χ1v) is 9.65. The summed E-state index contributed by atoms with van der Waals surface area (Å²) in [7, 11) is -3.15. The third kappa shape index (κ3) is 4.51. The van der Waals surface area contributed by atoms with E-state index >= 15 is 0 Å². The van der Waals surface area contributed by atoms with Gasteiger partial charge in [0, 0.05) is 31.0 Å². The number of sulfone groups is 1. The highest BCUT2D eigenvalue weighted by atomic mass is 32.2. The molecule has 2 heterocycles. The Bertz CT molecular complexity index is 1050. The van der Waals surface area contributed by atoms with Gasteiger partial charge in [-0.05, 0) is 19.1 Å². The predicted octanol–water partition coefficient (Wildman–Crippen LogP) is 2.75. The van der Waals surface area contributed by atoms with Crippen LogP contribution in [0.25, 0.3) is 0 Å². The van der Waals surface area contributed by atoms with Crippen molar-refractivity contribution in [3.63, 3.8) is 0 Å². The first kappa shape index (κ1) is 21.4. The zero-order valence-corrected chi connectivity index (χ0v) is 16.0. The summed E-state index contributed by atoms with van der Waals surface area (Å²) < 4.78 is 67.1.